The van der Waals surface area contributed by atoms with Crippen LogP contribution in [0.25, 0.3) is 10.9 Å². The van der Waals surface area contributed by atoms with Crippen molar-refractivity contribution in [2.45, 2.75) is 25.1 Å². The zero-order valence-corrected chi connectivity index (χ0v) is 19.4. The van der Waals surface area contributed by atoms with Crippen molar-refractivity contribution in [3.8, 4) is 0 Å². The van der Waals surface area contributed by atoms with E-state index in [1.165, 1.54) is 36.3 Å². The van der Waals surface area contributed by atoms with Crippen LogP contribution in [0.4, 0.5) is 20.6 Å². The first kappa shape index (κ1) is 24.6. The van der Waals surface area contributed by atoms with Gasteiger partial charge in [0.05, 0.1) is 49.9 Å². The number of aromatic nitrogens is 4. The van der Waals surface area contributed by atoms with E-state index in [0.717, 1.165) is 0 Å². The van der Waals surface area contributed by atoms with Gasteiger partial charge >= 0.3 is 6.09 Å². The van der Waals surface area contributed by atoms with Crippen molar-refractivity contribution in [1.82, 2.24) is 19.7 Å². The monoisotopic (exact) mass is 507 g/mol. The summed E-state index contributed by atoms with van der Waals surface area (Å²) in [6.45, 7) is 0.457. The fraction of sp³-hybridized carbons (Fsp3) is 0.381. The third-order valence-corrected chi connectivity index (χ3v) is 5.80. The van der Waals surface area contributed by atoms with Gasteiger partial charge < -0.3 is 30.5 Å². The van der Waals surface area contributed by atoms with Gasteiger partial charge in [0.2, 0.25) is 5.28 Å². The summed E-state index contributed by atoms with van der Waals surface area (Å²) in [5, 5.41) is 17.3. The Hall–Kier alpha value is -3.55. The van der Waals surface area contributed by atoms with Gasteiger partial charge in [-0.1, -0.05) is 0 Å². The molecule has 12 nitrogen and oxygen atoms in total. The van der Waals surface area contributed by atoms with Crippen LogP contribution in [0.5, 0.6) is 0 Å². The zero-order chi connectivity index (χ0) is 25.1. The van der Waals surface area contributed by atoms with Gasteiger partial charge in [0, 0.05) is 31.2 Å². The second kappa shape index (κ2) is 10.4. The quantitative estimate of drug-likeness (QED) is 0.384. The van der Waals surface area contributed by atoms with E-state index in [0.29, 0.717) is 24.2 Å². The summed E-state index contributed by atoms with van der Waals surface area (Å²) in [4.78, 5) is 33.6. The summed E-state index contributed by atoms with van der Waals surface area (Å²) in [7, 11) is 1.52. The second-order valence-corrected chi connectivity index (χ2v) is 8.16. The predicted molar refractivity (Wildman–Crippen MR) is 124 cm³/mol. The smallest absolute Gasteiger partial charge is 0.404 e. The Kier molecular flexibility index (Phi) is 7.28. The molecule has 3 aromatic rings. The lowest BCUT2D eigenvalue weighted by Gasteiger charge is -2.28. The molecule has 0 saturated carbocycles. The third kappa shape index (κ3) is 5.11. The van der Waals surface area contributed by atoms with Crippen LogP contribution in [0, 0.1) is 5.82 Å². The van der Waals surface area contributed by atoms with Crippen molar-refractivity contribution in [2.24, 2.45) is 5.73 Å². The summed E-state index contributed by atoms with van der Waals surface area (Å²) in [5.41, 5.74) is 5.85. The molecule has 1 saturated heterocycles. The number of amides is 2. The van der Waals surface area contributed by atoms with Gasteiger partial charge in [-0.25, -0.2) is 19.2 Å². The summed E-state index contributed by atoms with van der Waals surface area (Å²) in [6, 6.07) is 2.03. The Morgan fingerprint density at radius 3 is 2.91 bits per heavy atom. The Labute approximate surface area is 203 Å². The van der Waals surface area contributed by atoms with Gasteiger partial charge in [0.15, 0.2) is 5.82 Å². The number of nitrogens with two attached hydrogens (primary N) is 1. The van der Waals surface area contributed by atoms with E-state index in [4.69, 9.17) is 26.8 Å². The number of methoxy groups -OCH3 is 1. The van der Waals surface area contributed by atoms with Gasteiger partial charge in [-0.05, 0) is 17.7 Å². The van der Waals surface area contributed by atoms with E-state index < -0.39 is 30.0 Å². The number of aliphatic hydroxyl groups is 1. The van der Waals surface area contributed by atoms with Crippen molar-refractivity contribution >= 4 is 45.9 Å². The number of nitrogens with one attached hydrogen (secondary N) is 1. The Morgan fingerprint density at radius 2 is 2.23 bits per heavy atom. The maximum absolute atomic E-state index is 15.3. The highest BCUT2D eigenvalue weighted by Gasteiger charge is 2.37. The molecule has 2 aromatic heterocycles. The molecule has 0 bridgehead atoms. The molecule has 1 fully saturated rings. The number of anilines is 2. The van der Waals surface area contributed by atoms with Crippen LogP contribution < -0.4 is 16.0 Å². The van der Waals surface area contributed by atoms with Crippen LogP contribution in [0.2, 0.25) is 5.28 Å². The van der Waals surface area contributed by atoms with Crippen LogP contribution in [-0.2, 0) is 16.0 Å². The first-order valence-electron chi connectivity index (χ1n) is 10.6. The highest BCUT2D eigenvalue weighted by atomic mass is 35.5. The van der Waals surface area contributed by atoms with Gasteiger partial charge in [-0.15, -0.1) is 0 Å². The average molecular weight is 508 g/mol. The summed E-state index contributed by atoms with van der Waals surface area (Å²) in [6.07, 6.45) is 1.52. The predicted octanol–water partition coefficient (Wildman–Crippen LogP) is 1.55. The number of hydrogen-bond acceptors (Lipinski definition) is 9. The van der Waals surface area contributed by atoms with Gasteiger partial charge in [-0.2, -0.15) is 5.10 Å². The molecule has 4 N–H and O–H groups in total. The van der Waals surface area contributed by atoms with Crippen molar-refractivity contribution in [3.63, 3.8) is 0 Å². The number of carbonyl (C=O) groups is 2. The van der Waals surface area contributed by atoms with Crippen LogP contribution >= 0.6 is 11.6 Å². The van der Waals surface area contributed by atoms with E-state index in [9.17, 15) is 14.7 Å². The summed E-state index contributed by atoms with van der Waals surface area (Å²) in [5.74, 6) is -1.27. The number of primary amides is 1. The van der Waals surface area contributed by atoms with Crippen LogP contribution in [0.1, 0.15) is 16.9 Å². The molecule has 2 amide bonds. The number of aliphatic hydroxyl groups excluding tert-OH is 1. The molecule has 0 radical (unpaired) electrons. The van der Waals surface area contributed by atoms with E-state index in [1.807, 2.05) is 0 Å². The third-order valence-electron chi connectivity index (χ3n) is 5.62. The lowest BCUT2D eigenvalue weighted by Crippen LogP contribution is -2.34. The van der Waals surface area contributed by atoms with E-state index in [1.54, 1.807) is 4.90 Å². The summed E-state index contributed by atoms with van der Waals surface area (Å²) >= 11 is 5.80. The molecule has 14 heteroatoms. The van der Waals surface area contributed by atoms with E-state index >= 15 is 4.39 Å². The Balaban J connectivity index is 1.81. The topological polar surface area (TPSA) is 158 Å². The van der Waals surface area contributed by atoms with Gasteiger partial charge in [-0.3, -0.25) is 9.48 Å². The Bertz CT molecular complexity index is 1260. The second-order valence-electron chi connectivity index (χ2n) is 7.83. The fourth-order valence-corrected chi connectivity index (χ4v) is 4.34. The average Bonchev–Trinajstić information content (AvgIpc) is 3.41. The van der Waals surface area contributed by atoms with Gasteiger partial charge in [0.1, 0.15) is 17.3 Å². The lowest BCUT2D eigenvalue weighted by molar-refractivity contribution is 0.102. The molecule has 1 aliphatic heterocycles. The highest BCUT2D eigenvalue weighted by Crippen LogP contribution is 2.40. The molecule has 0 spiro atoms. The van der Waals surface area contributed by atoms with Crippen molar-refractivity contribution in [1.29, 1.82) is 0 Å². The first-order chi connectivity index (χ1) is 16.8. The van der Waals surface area contributed by atoms with Crippen LogP contribution in [0.3, 0.4) is 0 Å². The minimum absolute atomic E-state index is 0.0256. The largest absolute Gasteiger partial charge is 0.444 e. The molecule has 2 atom stereocenters. The standard InChI is InChI=1S/C21H23ClFN7O5/c1-34-5-4-30-17-13(8-26-30)18(29-9-12(35-21(24)33)6-11(29)10-31)16(7-14(17)23)27-19(32)15-2-3-25-20(22)28-15/h2-3,7-8,11-12,31H,4-6,9-10H2,1H3,(H2,24,33)(H,27,32)/t11-,12-/m0/s1. The molecule has 4 rings (SSSR count). The molecule has 3 heterocycles. The lowest BCUT2D eigenvalue weighted by atomic mass is 10.1. The van der Waals surface area contributed by atoms with Crippen molar-refractivity contribution in [3.05, 3.63) is 41.3 Å². The maximum Gasteiger partial charge on any atom is 0.404 e. The number of halogens is 2. The first-order valence-corrected chi connectivity index (χ1v) is 11.0. The minimum atomic E-state index is -0.945. The number of carbonyl (C=O) groups excluding carboxylic acids is 2. The van der Waals surface area contributed by atoms with Crippen LogP contribution in [0.15, 0.2) is 24.5 Å². The molecule has 0 aliphatic carbocycles. The SMILES string of the molecule is COCCn1ncc2c(N3C[C@@H](OC(N)=O)C[C@H]3CO)c(NC(=O)c3ccnc(Cl)n3)cc(F)c21. The molecule has 1 aromatic carbocycles. The molecular formula is C21H23ClFN7O5. The van der Waals surface area contributed by atoms with E-state index in [-0.39, 0.29) is 41.8 Å². The van der Waals surface area contributed by atoms with Crippen molar-refractivity contribution < 1.29 is 28.6 Å². The summed E-state index contributed by atoms with van der Waals surface area (Å²) < 4.78 is 27.0. The molecular weight excluding hydrogens is 485 g/mol. The van der Waals surface area contributed by atoms with Crippen molar-refractivity contribution in [2.75, 3.05) is 37.1 Å². The number of benzene rings is 1. The Morgan fingerprint density at radius 1 is 1.43 bits per heavy atom. The van der Waals surface area contributed by atoms with Crippen LogP contribution in [-0.4, -0.2) is 75.9 Å². The molecule has 0 unspecified atom stereocenters. The number of ether oxygens (including phenoxy) is 2. The molecule has 35 heavy (non-hydrogen) atoms. The number of hydrogen-bond donors (Lipinski definition) is 3. The maximum atomic E-state index is 15.3. The molecule has 186 valence electrons. The zero-order valence-electron chi connectivity index (χ0n) is 18.6. The number of rotatable bonds is 8. The van der Waals surface area contributed by atoms with E-state index in [2.05, 4.69) is 20.4 Å². The van der Waals surface area contributed by atoms with Gasteiger partial charge in [0.25, 0.3) is 5.91 Å². The molecule has 1 aliphatic rings. The fourth-order valence-electron chi connectivity index (χ4n) is 4.19. The highest BCUT2D eigenvalue weighted by molar-refractivity contribution is 6.28. The minimum Gasteiger partial charge on any atom is -0.444 e. The number of fused-ring (bicyclic) bond motifs is 1. The number of nitrogens with zero attached hydrogens (tertiary/aromatic N) is 5. The normalized spacial score (nSPS) is 17.7.